The minimum Gasteiger partial charge on any atom is -0.338 e. The highest BCUT2D eigenvalue weighted by Crippen LogP contribution is 2.37. The molecular formula is C23H32N2O3S. The predicted octanol–water partition coefficient (Wildman–Crippen LogP) is 3.63. The van der Waals surface area contributed by atoms with Crippen LogP contribution in [0.5, 0.6) is 0 Å². The second kappa shape index (κ2) is 10.9. The predicted molar refractivity (Wildman–Crippen MR) is 116 cm³/mol. The summed E-state index contributed by atoms with van der Waals surface area (Å²) < 4.78 is 3.12. The van der Waals surface area contributed by atoms with Gasteiger partial charge >= 0.3 is 0 Å². The van der Waals surface area contributed by atoms with Crippen LogP contribution in [0.4, 0.5) is 0 Å². The standard InChI is InChI=1S/C23H32N2O3S/c1-2-3-7-13-25(14-17-9-5-4-6-10-17)23(28)20-12-8-11-19(20)22(27)21-18(15-26)16-29-24-21/h4-6,9-10,15,18-21,24H,2-3,7-8,11-14,16H2,1H3/t18-,19?,20?,21?/m1/s1. The highest BCUT2D eigenvalue weighted by molar-refractivity contribution is 7.97. The molecule has 4 atom stereocenters. The SMILES string of the molecule is CCCCCN(Cc1ccccc1)C(=O)C1CCCC1C(=O)C1NSC[C@H]1C=O. The smallest absolute Gasteiger partial charge is 0.226 e. The number of benzene rings is 1. The van der Waals surface area contributed by atoms with Crippen LogP contribution < -0.4 is 4.72 Å². The molecule has 1 amide bonds. The fourth-order valence-corrected chi connectivity index (χ4v) is 5.52. The lowest BCUT2D eigenvalue weighted by molar-refractivity contribution is -0.141. The fraction of sp³-hybridized carbons (Fsp3) is 0.609. The average Bonchev–Trinajstić information content (AvgIpc) is 3.42. The van der Waals surface area contributed by atoms with Gasteiger partial charge < -0.3 is 9.69 Å². The monoisotopic (exact) mass is 416 g/mol. The Morgan fingerprint density at radius 3 is 2.66 bits per heavy atom. The van der Waals surface area contributed by atoms with E-state index < -0.39 is 6.04 Å². The number of hydrogen-bond donors (Lipinski definition) is 1. The van der Waals surface area contributed by atoms with Crippen molar-refractivity contribution in [3.05, 3.63) is 35.9 Å². The van der Waals surface area contributed by atoms with Crippen LogP contribution in [0.15, 0.2) is 30.3 Å². The molecule has 2 fully saturated rings. The molecule has 1 saturated carbocycles. The van der Waals surface area contributed by atoms with Gasteiger partial charge in [0.05, 0.1) is 6.04 Å². The van der Waals surface area contributed by atoms with E-state index >= 15 is 0 Å². The molecule has 1 heterocycles. The van der Waals surface area contributed by atoms with Gasteiger partial charge in [0, 0.05) is 36.6 Å². The van der Waals surface area contributed by atoms with Crippen molar-refractivity contribution in [2.45, 2.75) is 58.0 Å². The second-order valence-electron chi connectivity index (χ2n) is 8.21. The van der Waals surface area contributed by atoms with E-state index in [-0.39, 0.29) is 29.4 Å². The molecule has 0 bridgehead atoms. The average molecular weight is 417 g/mol. The molecule has 0 aromatic heterocycles. The molecule has 1 aliphatic carbocycles. The van der Waals surface area contributed by atoms with Gasteiger partial charge in [-0.1, -0.05) is 68.5 Å². The Hall–Kier alpha value is -1.66. The Bertz CT molecular complexity index is 697. The van der Waals surface area contributed by atoms with E-state index in [0.29, 0.717) is 12.3 Å². The maximum Gasteiger partial charge on any atom is 0.226 e. The summed E-state index contributed by atoms with van der Waals surface area (Å²) in [6, 6.07) is 9.62. The lowest BCUT2D eigenvalue weighted by atomic mass is 9.84. The molecule has 1 aliphatic heterocycles. The van der Waals surface area contributed by atoms with Gasteiger partial charge in [-0.15, -0.1) is 0 Å². The quantitative estimate of drug-likeness (QED) is 0.358. The topological polar surface area (TPSA) is 66.5 Å². The number of hydrogen-bond acceptors (Lipinski definition) is 5. The second-order valence-corrected chi connectivity index (χ2v) is 9.06. The molecule has 5 nitrogen and oxygen atoms in total. The van der Waals surface area contributed by atoms with Crippen LogP contribution >= 0.6 is 11.9 Å². The Morgan fingerprint density at radius 2 is 1.93 bits per heavy atom. The third-order valence-electron chi connectivity index (χ3n) is 6.15. The molecule has 3 rings (SSSR count). The lowest BCUT2D eigenvalue weighted by Crippen LogP contribution is -2.45. The molecule has 0 radical (unpaired) electrons. The summed E-state index contributed by atoms with van der Waals surface area (Å²) in [7, 11) is 0. The largest absolute Gasteiger partial charge is 0.338 e. The highest BCUT2D eigenvalue weighted by Gasteiger charge is 2.44. The van der Waals surface area contributed by atoms with Crippen LogP contribution in [0.3, 0.4) is 0 Å². The number of aldehydes is 1. The fourth-order valence-electron chi connectivity index (χ4n) is 4.49. The molecule has 158 valence electrons. The molecule has 1 aromatic carbocycles. The van der Waals surface area contributed by atoms with Crippen LogP contribution in [-0.2, 0) is 20.9 Å². The minimum absolute atomic E-state index is 0.0520. The van der Waals surface area contributed by atoms with Crippen molar-refractivity contribution in [2.24, 2.45) is 17.8 Å². The number of unbranched alkanes of at least 4 members (excludes halogenated alkanes) is 2. The van der Waals surface area contributed by atoms with E-state index in [2.05, 4.69) is 11.6 Å². The minimum atomic E-state index is -0.446. The van der Waals surface area contributed by atoms with Crippen LogP contribution in [0.25, 0.3) is 0 Å². The summed E-state index contributed by atoms with van der Waals surface area (Å²) >= 11 is 1.44. The van der Waals surface area contributed by atoms with E-state index in [9.17, 15) is 14.4 Å². The van der Waals surface area contributed by atoms with Crippen molar-refractivity contribution in [3.63, 3.8) is 0 Å². The lowest BCUT2D eigenvalue weighted by Gasteiger charge is -2.29. The maximum absolute atomic E-state index is 13.5. The summed E-state index contributed by atoms with van der Waals surface area (Å²) in [5, 5.41) is 0. The zero-order valence-corrected chi connectivity index (χ0v) is 18.0. The van der Waals surface area contributed by atoms with Crippen LogP contribution in [0, 0.1) is 17.8 Å². The van der Waals surface area contributed by atoms with Crippen molar-refractivity contribution in [1.29, 1.82) is 0 Å². The van der Waals surface area contributed by atoms with E-state index in [1.807, 2.05) is 35.2 Å². The first-order valence-electron chi connectivity index (χ1n) is 10.8. The van der Waals surface area contributed by atoms with Crippen molar-refractivity contribution in [2.75, 3.05) is 12.3 Å². The molecule has 6 heteroatoms. The summed E-state index contributed by atoms with van der Waals surface area (Å²) in [6.07, 6.45) is 6.47. The Morgan fingerprint density at radius 1 is 1.17 bits per heavy atom. The maximum atomic E-state index is 13.5. The number of ketones is 1. The summed E-state index contributed by atoms with van der Waals surface area (Å²) in [5.74, 6) is -0.0280. The number of nitrogens with zero attached hydrogens (tertiary/aromatic N) is 1. The number of carbonyl (C=O) groups is 3. The first-order chi connectivity index (χ1) is 14.2. The number of carbonyl (C=O) groups excluding carboxylic acids is 3. The normalized spacial score (nSPS) is 26.4. The van der Waals surface area contributed by atoms with Gasteiger partial charge in [0.25, 0.3) is 0 Å². The van der Waals surface area contributed by atoms with Crippen LogP contribution in [-0.4, -0.2) is 41.2 Å². The van der Waals surface area contributed by atoms with Gasteiger partial charge in [-0.05, 0) is 24.8 Å². The Balaban J connectivity index is 1.72. The van der Waals surface area contributed by atoms with Crippen molar-refractivity contribution in [3.8, 4) is 0 Å². The summed E-state index contributed by atoms with van der Waals surface area (Å²) in [4.78, 5) is 40.0. The molecule has 1 aromatic rings. The molecule has 3 unspecified atom stereocenters. The highest BCUT2D eigenvalue weighted by atomic mass is 32.2. The first-order valence-corrected chi connectivity index (χ1v) is 11.8. The van der Waals surface area contributed by atoms with Crippen LogP contribution in [0.2, 0.25) is 0 Å². The molecule has 1 N–H and O–H groups in total. The van der Waals surface area contributed by atoms with E-state index in [1.165, 1.54) is 11.9 Å². The third-order valence-corrected chi connectivity index (χ3v) is 7.13. The Labute approximate surface area is 178 Å². The Kier molecular flexibility index (Phi) is 8.30. The van der Waals surface area contributed by atoms with Gasteiger partial charge in [0.1, 0.15) is 6.29 Å². The van der Waals surface area contributed by atoms with E-state index in [0.717, 1.165) is 56.9 Å². The zero-order chi connectivity index (χ0) is 20.6. The van der Waals surface area contributed by atoms with Gasteiger partial charge in [-0.2, -0.15) is 0 Å². The van der Waals surface area contributed by atoms with E-state index in [4.69, 9.17) is 0 Å². The molecule has 1 saturated heterocycles. The van der Waals surface area contributed by atoms with Gasteiger partial charge in [-0.25, -0.2) is 0 Å². The van der Waals surface area contributed by atoms with Crippen LogP contribution in [0.1, 0.15) is 51.0 Å². The van der Waals surface area contributed by atoms with Crippen molar-refractivity contribution >= 4 is 29.9 Å². The molecule has 2 aliphatic rings. The molecule has 29 heavy (non-hydrogen) atoms. The van der Waals surface area contributed by atoms with Gasteiger partial charge in [0.15, 0.2) is 5.78 Å². The third kappa shape index (κ3) is 5.48. The number of amides is 1. The summed E-state index contributed by atoms with van der Waals surface area (Å²) in [5.41, 5.74) is 1.12. The van der Waals surface area contributed by atoms with E-state index in [1.54, 1.807) is 0 Å². The van der Waals surface area contributed by atoms with Gasteiger partial charge in [0.2, 0.25) is 5.91 Å². The zero-order valence-electron chi connectivity index (χ0n) is 17.2. The molecule has 0 spiro atoms. The van der Waals surface area contributed by atoms with Crippen molar-refractivity contribution < 1.29 is 14.4 Å². The number of Topliss-reactive ketones (excluding diaryl/α,β-unsaturated/α-hetero) is 1. The molecular weight excluding hydrogens is 384 g/mol. The van der Waals surface area contributed by atoms with Gasteiger partial charge in [-0.3, -0.25) is 14.3 Å². The van der Waals surface area contributed by atoms with Crippen molar-refractivity contribution in [1.82, 2.24) is 9.62 Å². The summed E-state index contributed by atoms with van der Waals surface area (Å²) in [6.45, 7) is 3.48. The number of rotatable bonds is 10. The number of nitrogens with one attached hydrogen (secondary N) is 1. The first kappa shape index (κ1) is 22.0.